The van der Waals surface area contributed by atoms with Crippen molar-refractivity contribution < 1.29 is 19.1 Å². The zero-order chi connectivity index (χ0) is 22.4. The number of carbonyl (C=O) groups is 2. The molecule has 176 valence electrons. The number of halogens is 1. The van der Waals surface area contributed by atoms with E-state index < -0.39 is 11.7 Å². The number of rotatable bonds is 10. The van der Waals surface area contributed by atoms with Crippen molar-refractivity contribution in [2.45, 2.75) is 46.6 Å². The molecule has 0 aliphatic carbocycles. The summed E-state index contributed by atoms with van der Waals surface area (Å²) in [5, 5.41) is 11.8. The van der Waals surface area contributed by atoms with Crippen molar-refractivity contribution in [2.75, 3.05) is 38.1 Å². The Morgan fingerprint density at radius 3 is 2.48 bits per heavy atom. The first kappa shape index (κ1) is 28.8. The molecule has 10 heteroatoms. The third-order valence-electron chi connectivity index (χ3n) is 3.43. The fourth-order valence-corrected chi connectivity index (χ4v) is 2.32. The number of amides is 2. The lowest BCUT2D eigenvalue weighted by molar-refractivity contribution is -0.114. The van der Waals surface area contributed by atoms with Gasteiger partial charge in [0.2, 0.25) is 5.91 Å². The molecule has 2 amide bonds. The zero-order valence-corrected chi connectivity index (χ0v) is 21.4. The average Bonchev–Trinajstić information content (AvgIpc) is 2.63. The Balaban J connectivity index is 0.00000900. The van der Waals surface area contributed by atoms with Crippen molar-refractivity contribution in [3.63, 3.8) is 0 Å². The van der Waals surface area contributed by atoms with Gasteiger partial charge in [0.15, 0.2) is 5.96 Å². The number of ether oxygens (including phenoxy) is 2. The molecule has 0 atom stereocenters. The van der Waals surface area contributed by atoms with Crippen LogP contribution < -0.4 is 26.0 Å². The molecule has 1 aromatic carbocycles. The van der Waals surface area contributed by atoms with E-state index in [0.717, 1.165) is 6.54 Å². The topological polar surface area (TPSA) is 113 Å². The molecule has 31 heavy (non-hydrogen) atoms. The Hall–Kier alpha value is -2.24. The van der Waals surface area contributed by atoms with Crippen molar-refractivity contribution >= 4 is 47.6 Å². The van der Waals surface area contributed by atoms with E-state index in [9.17, 15) is 9.59 Å². The fourth-order valence-electron chi connectivity index (χ4n) is 2.32. The Bertz CT molecular complexity index is 707. The molecular weight excluding hydrogens is 513 g/mol. The molecule has 0 heterocycles. The fraction of sp³-hybridized carbons (Fsp3) is 0.571. The van der Waals surface area contributed by atoms with E-state index >= 15 is 0 Å². The molecule has 0 unspecified atom stereocenters. The molecule has 0 aliphatic rings. The number of alkyl carbamates (subject to hydrolysis) is 1. The summed E-state index contributed by atoms with van der Waals surface area (Å²) in [6.07, 6.45) is 0.277. The standard InChI is InChI=1S/C21H35N5O4.HI/c1-6-22-19(23-11-8-12-25-20(28)30-21(3,4)5)24-13-14-29-18-10-7-9-17(15-18)26-16(2)27;/h7,9-10,15H,6,8,11-14H2,1-5H3,(H,25,28)(H,26,27)(H2,22,23,24);1H. The van der Waals surface area contributed by atoms with Gasteiger partial charge in [0.05, 0.1) is 6.54 Å². The molecule has 0 fully saturated rings. The second-order valence-electron chi connectivity index (χ2n) is 7.53. The van der Waals surface area contributed by atoms with Crippen LogP contribution in [0.1, 0.15) is 41.0 Å². The highest BCUT2D eigenvalue weighted by atomic mass is 127. The number of hydrogen-bond donors (Lipinski definition) is 4. The number of aliphatic imine (C=N–C) groups is 1. The number of nitrogens with zero attached hydrogens (tertiary/aromatic N) is 1. The largest absolute Gasteiger partial charge is 0.492 e. The summed E-state index contributed by atoms with van der Waals surface area (Å²) in [6, 6.07) is 7.24. The van der Waals surface area contributed by atoms with Crippen LogP contribution in [0, 0.1) is 0 Å². The normalized spacial score (nSPS) is 11.1. The van der Waals surface area contributed by atoms with E-state index in [-0.39, 0.29) is 29.9 Å². The number of guanidine groups is 1. The van der Waals surface area contributed by atoms with Gasteiger partial charge in [-0.25, -0.2) is 4.79 Å². The smallest absolute Gasteiger partial charge is 0.407 e. The van der Waals surface area contributed by atoms with E-state index in [2.05, 4.69) is 26.3 Å². The van der Waals surface area contributed by atoms with Crippen LogP contribution in [0.5, 0.6) is 5.75 Å². The van der Waals surface area contributed by atoms with Crippen molar-refractivity contribution in [1.29, 1.82) is 0 Å². The van der Waals surface area contributed by atoms with Crippen LogP contribution in [0.3, 0.4) is 0 Å². The Morgan fingerprint density at radius 2 is 1.84 bits per heavy atom. The number of carbonyl (C=O) groups excluding carboxylic acids is 2. The van der Waals surface area contributed by atoms with Crippen LogP contribution in [0.4, 0.5) is 10.5 Å². The summed E-state index contributed by atoms with van der Waals surface area (Å²) in [4.78, 5) is 27.2. The maximum Gasteiger partial charge on any atom is 0.407 e. The predicted molar refractivity (Wildman–Crippen MR) is 134 cm³/mol. The minimum Gasteiger partial charge on any atom is -0.492 e. The van der Waals surface area contributed by atoms with Crippen LogP contribution >= 0.6 is 24.0 Å². The highest BCUT2D eigenvalue weighted by Crippen LogP contribution is 2.17. The molecule has 4 N–H and O–H groups in total. The van der Waals surface area contributed by atoms with E-state index in [1.54, 1.807) is 12.1 Å². The van der Waals surface area contributed by atoms with Gasteiger partial charge in [-0.2, -0.15) is 0 Å². The first-order valence-electron chi connectivity index (χ1n) is 10.2. The molecule has 1 rings (SSSR count). The van der Waals surface area contributed by atoms with Gasteiger partial charge in [0.25, 0.3) is 0 Å². The lowest BCUT2D eigenvalue weighted by atomic mass is 10.2. The molecule has 0 aromatic heterocycles. The summed E-state index contributed by atoms with van der Waals surface area (Å²) in [5.41, 5.74) is 0.195. The van der Waals surface area contributed by atoms with Gasteiger partial charge in [0.1, 0.15) is 18.0 Å². The SMILES string of the molecule is CCNC(=NCCCNC(=O)OC(C)(C)C)NCCOc1cccc(NC(C)=O)c1.I. The molecule has 9 nitrogen and oxygen atoms in total. The van der Waals surface area contributed by atoms with Crippen LogP contribution in [-0.4, -0.2) is 56.3 Å². The average molecular weight is 549 g/mol. The summed E-state index contributed by atoms with van der Waals surface area (Å²) in [7, 11) is 0. The Morgan fingerprint density at radius 1 is 1.10 bits per heavy atom. The summed E-state index contributed by atoms with van der Waals surface area (Å²) < 4.78 is 10.9. The Labute approximate surface area is 202 Å². The van der Waals surface area contributed by atoms with Crippen LogP contribution in [0.15, 0.2) is 29.3 Å². The molecule has 0 bridgehead atoms. The summed E-state index contributed by atoms with van der Waals surface area (Å²) in [6.45, 7) is 11.7. The lowest BCUT2D eigenvalue weighted by Gasteiger charge is -2.19. The van der Waals surface area contributed by atoms with Gasteiger partial charge in [-0.3, -0.25) is 9.79 Å². The lowest BCUT2D eigenvalue weighted by Crippen LogP contribution is -2.39. The van der Waals surface area contributed by atoms with Crippen LogP contribution in [0.25, 0.3) is 0 Å². The van der Waals surface area contributed by atoms with Gasteiger partial charge in [-0.15, -0.1) is 24.0 Å². The number of anilines is 1. The second kappa shape index (κ2) is 15.5. The quantitative estimate of drug-likeness (QED) is 0.155. The highest BCUT2D eigenvalue weighted by Gasteiger charge is 2.15. The Kier molecular flexibility index (Phi) is 14.4. The molecule has 0 saturated heterocycles. The van der Waals surface area contributed by atoms with E-state index in [0.29, 0.717) is 50.1 Å². The third kappa shape index (κ3) is 15.2. The number of hydrogen-bond acceptors (Lipinski definition) is 5. The maximum atomic E-state index is 11.6. The van der Waals surface area contributed by atoms with Gasteiger partial charge in [-0.05, 0) is 46.2 Å². The maximum absolute atomic E-state index is 11.6. The molecular formula is C21H36IN5O4. The van der Waals surface area contributed by atoms with Gasteiger partial charge in [0, 0.05) is 38.3 Å². The number of benzene rings is 1. The molecule has 0 spiro atoms. The van der Waals surface area contributed by atoms with E-state index in [1.165, 1.54) is 6.92 Å². The minimum atomic E-state index is -0.502. The van der Waals surface area contributed by atoms with Crippen molar-refractivity contribution in [3.05, 3.63) is 24.3 Å². The molecule has 0 saturated carbocycles. The van der Waals surface area contributed by atoms with Gasteiger partial charge >= 0.3 is 6.09 Å². The van der Waals surface area contributed by atoms with Crippen LogP contribution in [-0.2, 0) is 9.53 Å². The number of nitrogens with one attached hydrogen (secondary N) is 4. The third-order valence-corrected chi connectivity index (χ3v) is 3.43. The monoisotopic (exact) mass is 549 g/mol. The predicted octanol–water partition coefficient (Wildman–Crippen LogP) is 3.11. The molecule has 0 aliphatic heterocycles. The first-order chi connectivity index (χ1) is 14.2. The van der Waals surface area contributed by atoms with Crippen molar-refractivity contribution in [2.24, 2.45) is 4.99 Å². The minimum absolute atomic E-state index is 0. The van der Waals surface area contributed by atoms with Crippen molar-refractivity contribution in [3.8, 4) is 5.75 Å². The second-order valence-corrected chi connectivity index (χ2v) is 7.53. The first-order valence-corrected chi connectivity index (χ1v) is 10.2. The van der Waals surface area contributed by atoms with E-state index in [4.69, 9.17) is 9.47 Å². The molecule has 1 aromatic rings. The zero-order valence-electron chi connectivity index (χ0n) is 19.0. The van der Waals surface area contributed by atoms with Gasteiger partial charge in [-0.1, -0.05) is 6.07 Å². The van der Waals surface area contributed by atoms with Crippen LogP contribution in [0.2, 0.25) is 0 Å². The molecule has 0 radical (unpaired) electrons. The van der Waals surface area contributed by atoms with Crippen molar-refractivity contribution in [1.82, 2.24) is 16.0 Å². The summed E-state index contributed by atoms with van der Waals surface area (Å²) in [5.74, 6) is 1.24. The summed E-state index contributed by atoms with van der Waals surface area (Å²) >= 11 is 0. The van der Waals surface area contributed by atoms with Gasteiger partial charge < -0.3 is 30.7 Å². The van der Waals surface area contributed by atoms with E-state index in [1.807, 2.05) is 39.8 Å². The highest BCUT2D eigenvalue weighted by molar-refractivity contribution is 14.0.